The SMILES string of the molecule is COCC(C)CNC(=O)c1sc2nnc(C)c(C)c2c1N. The number of carbonyl (C=O) groups is 1. The number of aryl methyl sites for hydroxylation is 2. The van der Waals surface area contributed by atoms with Crippen molar-refractivity contribution in [2.24, 2.45) is 5.92 Å². The fourth-order valence-electron chi connectivity index (χ4n) is 2.10. The number of carbonyl (C=O) groups excluding carboxylic acids is 1. The lowest BCUT2D eigenvalue weighted by molar-refractivity contribution is 0.0939. The van der Waals surface area contributed by atoms with Gasteiger partial charge in [0.15, 0.2) is 0 Å². The van der Waals surface area contributed by atoms with Gasteiger partial charge in [0.05, 0.1) is 18.0 Å². The monoisotopic (exact) mass is 308 g/mol. The molecule has 0 aromatic carbocycles. The second kappa shape index (κ2) is 6.36. The number of anilines is 1. The van der Waals surface area contributed by atoms with Crippen molar-refractivity contribution in [1.29, 1.82) is 0 Å². The van der Waals surface area contributed by atoms with Crippen molar-refractivity contribution < 1.29 is 9.53 Å². The molecular weight excluding hydrogens is 288 g/mol. The van der Waals surface area contributed by atoms with Crippen molar-refractivity contribution in [2.75, 3.05) is 26.0 Å². The summed E-state index contributed by atoms with van der Waals surface area (Å²) in [6.07, 6.45) is 0. The molecule has 0 saturated heterocycles. The van der Waals surface area contributed by atoms with Crippen LogP contribution in [0, 0.1) is 19.8 Å². The zero-order valence-corrected chi connectivity index (χ0v) is 13.5. The van der Waals surface area contributed by atoms with Gasteiger partial charge in [0.25, 0.3) is 5.91 Å². The molecule has 0 radical (unpaired) electrons. The lowest BCUT2D eigenvalue weighted by Crippen LogP contribution is -2.29. The first-order valence-corrected chi connectivity index (χ1v) is 7.56. The fraction of sp³-hybridized carbons (Fsp3) is 0.500. The van der Waals surface area contributed by atoms with Gasteiger partial charge >= 0.3 is 0 Å². The number of hydrogen-bond acceptors (Lipinski definition) is 6. The predicted molar refractivity (Wildman–Crippen MR) is 84.7 cm³/mol. The molecule has 1 atom stereocenters. The molecule has 0 bridgehead atoms. The summed E-state index contributed by atoms with van der Waals surface area (Å²) in [5, 5.41) is 11.9. The van der Waals surface area contributed by atoms with Crippen LogP contribution in [0.25, 0.3) is 10.2 Å². The number of rotatable bonds is 5. The minimum absolute atomic E-state index is 0.171. The number of nitrogens with zero attached hydrogens (tertiary/aromatic N) is 2. The Labute approximate surface area is 127 Å². The first-order chi connectivity index (χ1) is 9.95. The highest BCUT2D eigenvalue weighted by Gasteiger charge is 2.20. The molecule has 21 heavy (non-hydrogen) atoms. The number of nitrogen functional groups attached to an aromatic ring is 1. The summed E-state index contributed by atoms with van der Waals surface area (Å²) >= 11 is 1.28. The molecule has 0 saturated carbocycles. The zero-order chi connectivity index (χ0) is 15.6. The van der Waals surface area contributed by atoms with E-state index in [0.717, 1.165) is 16.6 Å². The van der Waals surface area contributed by atoms with E-state index in [9.17, 15) is 4.79 Å². The fourth-order valence-corrected chi connectivity index (χ4v) is 3.12. The van der Waals surface area contributed by atoms with Gasteiger partial charge in [-0.1, -0.05) is 6.92 Å². The summed E-state index contributed by atoms with van der Waals surface area (Å²) in [5.74, 6) is 0.0776. The Morgan fingerprint density at radius 3 is 2.81 bits per heavy atom. The van der Waals surface area contributed by atoms with Crippen molar-refractivity contribution in [3.05, 3.63) is 16.1 Å². The first-order valence-electron chi connectivity index (χ1n) is 6.74. The van der Waals surface area contributed by atoms with E-state index in [4.69, 9.17) is 10.5 Å². The van der Waals surface area contributed by atoms with Crippen LogP contribution < -0.4 is 11.1 Å². The molecule has 7 heteroatoms. The second-order valence-electron chi connectivity index (χ2n) is 5.21. The molecule has 2 heterocycles. The number of methoxy groups -OCH3 is 1. The van der Waals surface area contributed by atoms with Crippen LogP contribution in [-0.4, -0.2) is 36.4 Å². The van der Waals surface area contributed by atoms with Gasteiger partial charge in [0.2, 0.25) is 0 Å². The number of thiophene rings is 1. The number of hydrogen-bond donors (Lipinski definition) is 2. The number of fused-ring (bicyclic) bond motifs is 1. The molecule has 2 aromatic rings. The van der Waals surface area contributed by atoms with E-state index >= 15 is 0 Å². The van der Waals surface area contributed by atoms with E-state index in [2.05, 4.69) is 15.5 Å². The molecular formula is C14H20N4O2S. The lowest BCUT2D eigenvalue weighted by atomic mass is 10.1. The smallest absolute Gasteiger partial charge is 0.263 e. The van der Waals surface area contributed by atoms with Crippen molar-refractivity contribution in [3.63, 3.8) is 0 Å². The number of aromatic nitrogens is 2. The Bertz CT molecular complexity index is 669. The molecule has 2 rings (SSSR count). The molecule has 0 aliphatic carbocycles. The summed E-state index contributed by atoms with van der Waals surface area (Å²) in [6.45, 7) is 6.98. The highest BCUT2D eigenvalue weighted by Crippen LogP contribution is 2.34. The van der Waals surface area contributed by atoms with E-state index in [1.807, 2.05) is 20.8 Å². The van der Waals surface area contributed by atoms with E-state index < -0.39 is 0 Å². The standard InChI is InChI=1S/C14H20N4O2S/c1-7(6-20-4)5-16-13(19)12-11(15)10-8(2)9(3)17-18-14(10)21-12/h7H,5-6,15H2,1-4H3,(H,16,19). The highest BCUT2D eigenvalue weighted by molar-refractivity contribution is 7.21. The molecule has 1 unspecified atom stereocenters. The Morgan fingerprint density at radius 2 is 2.14 bits per heavy atom. The molecule has 6 nitrogen and oxygen atoms in total. The summed E-state index contributed by atoms with van der Waals surface area (Å²) < 4.78 is 5.05. The summed E-state index contributed by atoms with van der Waals surface area (Å²) in [5.41, 5.74) is 8.42. The van der Waals surface area contributed by atoms with E-state index in [1.54, 1.807) is 7.11 Å². The van der Waals surface area contributed by atoms with Crippen molar-refractivity contribution in [1.82, 2.24) is 15.5 Å². The van der Waals surface area contributed by atoms with Crippen molar-refractivity contribution >= 4 is 33.1 Å². The third-order valence-electron chi connectivity index (χ3n) is 3.40. The second-order valence-corrected chi connectivity index (χ2v) is 6.21. The van der Waals surface area contributed by atoms with Crippen LogP contribution in [0.3, 0.4) is 0 Å². The van der Waals surface area contributed by atoms with E-state index in [1.165, 1.54) is 11.3 Å². The number of amides is 1. The van der Waals surface area contributed by atoms with Crippen molar-refractivity contribution in [2.45, 2.75) is 20.8 Å². The van der Waals surface area contributed by atoms with Gasteiger partial charge in [0.1, 0.15) is 9.71 Å². The lowest BCUT2D eigenvalue weighted by Gasteiger charge is -2.11. The molecule has 0 aliphatic heterocycles. The van der Waals surface area contributed by atoms with E-state index in [-0.39, 0.29) is 11.8 Å². The van der Waals surface area contributed by atoms with Gasteiger partial charge in [0, 0.05) is 19.0 Å². The van der Waals surface area contributed by atoms with Crippen LogP contribution >= 0.6 is 11.3 Å². The maximum Gasteiger partial charge on any atom is 0.263 e. The summed E-state index contributed by atoms with van der Waals surface area (Å²) in [6, 6.07) is 0. The molecule has 2 aromatic heterocycles. The Balaban J connectivity index is 2.24. The van der Waals surface area contributed by atoms with Gasteiger partial charge in [-0.3, -0.25) is 4.79 Å². The van der Waals surface area contributed by atoms with Crippen LogP contribution in [0.2, 0.25) is 0 Å². The van der Waals surface area contributed by atoms with Gasteiger partial charge in [-0.2, -0.15) is 5.10 Å². The predicted octanol–water partition coefficient (Wildman–Crippen LogP) is 1.90. The molecule has 114 valence electrons. The van der Waals surface area contributed by atoms with Crippen LogP contribution in [-0.2, 0) is 4.74 Å². The molecule has 0 spiro atoms. The van der Waals surface area contributed by atoms with Crippen LogP contribution in [0.5, 0.6) is 0 Å². The van der Waals surface area contributed by atoms with Gasteiger partial charge in [-0.25, -0.2) is 0 Å². The minimum Gasteiger partial charge on any atom is -0.397 e. The number of nitrogens with two attached hydrogens (primary N) is 1. The Hall–Kier alpha value is -1.73. The zero-order valence-electron chi connectivity index (χ0n) is 12.7. The number of nitrogens with one attached hydrogen (secondary N) is 1. The van der Waals surface area contributed by atoms with Crippen LogP contribution in [0.1, 0.15) is 27.9 Å². The number of ether oxygens (including phenoxy) is 1. The minimum atomic E-state index is -0.171. The van der Waals surface area contributed by atoms with Crippen molar-refractivity contribution in [3.8, 4) is 0 Å². The van der Waals surface area contributed by atoms with Gasteiger partial charge in [-0.15, -0.1) is 16.4 Å². The largest absolute Gasteiger partial charge is 0.397 e. The van der Waals surface area contributed by atoms with Crippen LogP contribution in [0.15, 0.2) is 0 Å². The third kappa shape index (κ3) is 3.14. The molecule has 3 N–H and O–H groups in total. The maximum absolute atomic E-state index is 12.3. The molecule has 0 aliphatic rings. The van der Waals surface area contributed by atoms with Gasteiger partial charge < -0.3 is 15.8 Å². The molecule has 1 amide bonds. The van der Waals surface area contributed by atoms with Gasteiger partial charge in [-0.05, 0) is 25.3 Å². The normalized spacial score (nSPS) is 12.6. The topological polar surface area (TPSA) is 90.1 Å². The summed E-state index contributed by atoms with van der Waals surface area (Å²) in [4.78, 5) is 13.5. The quantitative estimate of drug-likeness (QED) is 0.880. The molecule has 0 fully saturated rings. The average Bonchev–Trinajstić information content (AvgIpc) is 2.78. The average molecular weight is 308 g/mol. The summed E-state index contributed by atoms with van der Waals surface area (Å²) in [7, 11) is 1.64. The Kier molecular flexibility index (Phi) is 4.74. The van der Waals surface area contributed by atoms with E-state index in [0.29, 0.717) is 28.5 Å². The van der Waals surface area contributed by atoms with Crippen LogP contribution in [0.4, 0.5) is 5.69 Å². The highest BCUT2D eigenvalue weighted by atomic mass is 32.1. The first kappa shape index (κ1) is 15.7. The third-order valence-corrected chi connectivity index (χ3v) is 4.49. The maximum atomic E-state index is 12.3. The Morgan fingerprint density at radius 1 is 1.43 bits per heavy atom.